The fraction of sp³-hybridized carbons (Fsp3) is 0.800. The lowest BCUT2D eigenvalue weighted by atomic mass is 10.1. The highest BCUT2D eigenvalue weighted by Gasteiger charge is 2.45. The van der Waals surface area contributed by atoms with Crippen molar-refractivity contribution < 1.29 is 14.5 Å². The van der Waals surface area contributed by atoms with Gasteiger partial charge in [-0.15, -0.1) is 0 Å². The minimum atomic E-state index is -0.925. The highest BCUT2D eigenvalue weighted by Crippen LogP contribution is 2.30. The lowest BCUT2D eigenvalue weighted by Crippen LogP contribution is -2.44. The van der Waals surface area contributed by atoms with E-state index in [9.17, 15) is 9.90 Å². The molecule has 1 rings (SSSR count). The summed E-state index contributed by atoms with van der Waals surface area (Å²) in [6.45, 7) is 6.36. The van der Waals surface area contributed by atoms with Gasteiger partial charge in [-0.3, -0.25) is 0 Å². The monoisotopic (exact) mass is 282 g/mol. The molecule has 1 amide bonds. The van der Waals surface area contributed by atoms with Crippen molar-refractivity contribution in [3.05, 3.63) is 11.4 Å². The number of carbonyl (C=O) groups is 1. The molecule has 20 heavy (non-hydrogen) atoms. The van der Waals surface area contributed by atoms with Gasteiger partial charge in [-0.2, -0.15) is 4.79 Å². The Bertz CT molecular complexity index is 391. The predicted octanol–water partition coefficient (Wildman–Crippen LogP) is 5.25. The molecule has 1 aliphatic heterocycles. The lowest BCUT2D eigenvalue weighted by Gasteiger charge is -2.21. The Kier molecular flexibility index (Phi) is 6.85. The standard InChI is InChI=1S/C15H27N3O2/c1-4-5-6-7-8-9-10-11-12-18(15(19)20)14(3)13(2)16-17-18/h4-12H2,1-3H3/p+1. The Morgan fingerprint density at radius 2 is 1.60 bits per heavy atom. The fourth-order valence-electron chi connectivity index (χ4n) is 2.51. The van der Waals surface area contributed by atoms with E-state index in [1.54, 1.807) is 0 Å². The van der Waals surface area contributed by atoms with E-state index in [4.69, 9.17) is 0 Å². The van der Waals surface area contributed by atoms with Crippen molar-refractivity contribution in [1.82, 2.24) is 0 Å². The molecule has 5 heteroatoms. The first-order chi connectivity index (χ1) is 9.54. The van der Waals surface area contributed by atoms with Crippen molar-refractivity contribution in [2.75, 3.05) is 6.54 Å². The second kappa shape index (κ2) is 8.15. The molecule has 1 aliphatic rings. The normalized spacial score (nSPS) is 21.8. The summed E-state index contributed by atoms with van der Waals surface area (Å²) in [5, 5.41) is 17.3. The van der Waals surface area contributed by atoms with Gasteiger partial charge in [-0.1, -0.05) is 50.6 Å². The van der Waals surface area contributed by atoms with Gasteiger partial charge < -0.3 is 5.11 Å². The summed E-state index contributed by atoms with van der Waals surface area (Å²) < 4.78 is -0.346. The van der Waals surface area contributed by atoms with E-state index >= 15 is 0 Å². The van der Waals surface area contributed by atoms with Gasteiger partial charge in [0.15, 0.2) is 5.70 Å². The van der Waals surface area contributed by atoms with Crippen molar-refractivity contribution in [3.63, 3.8) is 0 Å². The highest BCUT2D eigenvalue weighted by molar-refractivity contribution is 5.58. The van der Waals surface area contributed by atoms with Gasteiger partial charge in [0.1, 0.15) is 12.2 Å². The molecular weight excluding hydrogens is 254 g/mol. The van der Waals surface area contributed by atoms with Gasteiger partial charge in [0.05, 0.1) is 0 Å². The van der Waals surface area contributed by atoms with Crippen LogP contribution < -0.4 is 0 Å². The van der Waals surface area contributed by atoms with Crippen LogP contribution in [-0.4, -0.2) is 22.3 Å². The molecule has 1 N–H and O–H groups in total. The van der Waals surface area contributed by atoms with E-state index in [1.165, 1.54) is 38.5 Å². The van der Waals surface area contributed by atoms with E-state index in [1.807, 2.05) is 13.8 Å². The van der Waals surface area contributed by atoms with Crippen molar-refractivity contribution in [2.24, 2.45) is 10.3 Å². The molecule has 1 heterocycles. The summed E-state index contributed by atoms with van der Waals surface area (Å²) in [4.78, 5) is 11.5. The van der Waals surface area contributed by atoms with Crippen molar-refractivity contribution in [3.8, 4) is 0 Å². The zero-order chi connectivity index (χ0) is 15.0. The third-order valence-electron chi connectivity index (χ3n) is 4.08. The van der Waals surface area contributed by atoms with Gasteiger partial charge in [-0.05, 0) is 17.9 Å². The molecule has 0 bridgehead atoms. The highest BCUT2D eigenvalue weighted by atomic mass is 16.4. The maximum Gasteiger partial charge on any atom is 0.547 e. The number of allylic oxidation sites excluding steroid dienone is 2. The van der Waals surface area contributed by atoms with Crippen LogP contribution in [0.4, 0.5) is 4.79 Å². The van der Waals surface area contributed by atoms with Crippen LogP contribution in [-0.2, 0) is 0 Å². The summed E-state index contributed by atoms with van der Waals surface area (Å²) in [5.41, 5.74) is 1.47. The van der Waals surface area contributed by atoms with Crippen LogP contribution in [0.15, 0.2) is 21.7 Å². The molecule has 0 aromatic rings. The van der Waals surface area contributed by atoms with Crippen molar-refractivity contribution in [1.29, 1.82) is 0 Å². The first-order valence-electron chi connectivity index (χ1n) is 7.77. The van der Waals surface area contributed by atoms with E-state index in [2.05, 4.69) is 17.3 Å². The van der Waals surface area contributed by atoms with Gasteiger partial charge in [-0.25, -0.2) is 0 Å². The smallest absolute Gasteiger partial charge is 0.433 e. The van der Waals surface area contributed by atoms with E-state index in [-0.39, 0.29) is 4.59 Å². The molecule has 0 spiro atoms. The number of carboxylic acid groups (broad SMARTS) is 1. The first kappa shape index (κ1) is 16.8. The Labute approximate surface area is 121 Å². The van der Waals surface area contributed by atoms with Crippen LogP contribution in [0.3, 0.4) is 0 Å². The quantitative estimate of drug-likeness (QED) is 0.463. The molecule has 0 radical (unpaired) electrons. The Morgan fingerprint density at radius 1 is 1.05 bits per heavy atom. The summed E-state index contributed by atoms with van der Waals surface area (Å²) in [6, 6.07) is 0. The minimum absolute atomic E-state index is 0.346. The van der Waals surface area contributed by atoms with E-state index in [0.717, 1.165) is 24.2 Å². The maximum absolute atomic E-state index is 11.5. The number of hydrogen-bond acceptors (Lipinski definition) is 3. The number of rotatable bonds is 9. The molecule has 0 aromatic heterocycles. The molecule has 114 valence electrons. The van der Waals surface area contributed by atoms with Crippen LogP contribution in [0.1, 0.15) is 72.1 Å². The third kappa shape index (κ3) is 4.13. The van der Waals surface area contributed by atoms with Crippen LogP contribution in [0, 0.1) is 0 Å². The SMILES string of the molecule is CCCCCCCCCC[N+]1(C(=O)O)N=NC(C)=C1C. The average Bonchev–Trinajstić information content (AvgIpc) is 2.71. The van der Waals surface area contributed by atoms with Crippen LogP contribution in [0.2, 0.25) is 0 Å². The number of nitrogens with zero attached hydrogens (tertiary/aromatic N) is 3. The van der Waals surface area contributed by atoms with Gasteiger partial charge in [0.2, 0.25) is 0 Å². The Morgan fingerprint density at radius 3 is 2.05 bits per heavy atom. The third-order valence-corrected chi connectivity index (χ3v) is 4.08. The summed E-state index contributed by atoms with van der Waals surface area (Å²) in [5.74, 6) is 0. The van der Waals surface area contributed by atoms with Crippen molar-refractivity contribution in [2.45, 2.75) is 72.1 Å². The maximum atomic E-state index is 11.5. The molecular formula is C15H28N3O2+. The molecule has 5 nitrogen and oxygen atoms in total. The van der Waals surface area contributed by atoms with Crippen molar-refractivity contribution >= 4 is 6.09 Å². The summed E-state index contributed by atoms with van der Waals surface area (Å²) >= 11 is 0. The van der Waals surface area contributed by atoms with Gasteiger partial charge in [0.25, 0.3) is 0 Å². The first-order valence-corrected chi connectivity index (χ1v) is 7.77. The van der Waals surface area contributed by atoms with Gasteiger partial charge in [0, 0.05) is 18.6 Å². The average molecular weight is 282 g/mol. The van der Waals surface area contributed by atoms with Crippen LogP contribution in [0.5, 0.6) is 0 Å². The predicted molar refractivity (Wildman–Crippen MR) is 79.0 cm³/mol. The zero-order valence-electron chi connectivity index (χ0n) is 13.1. The Balaban J connectivity index is 2.29. The van der Waals surface area contributed by atoms with E-state index < -0.39 is 6.09 Å². The fourth-order valence-corrected chi connectivity index (χ4v) is 2.51. The zero-order valence-corrected chi connectivity index (χ0v) is 13.1. The molecule has 1 unspecified atom stereocenters. The largest absolute Gasteiger partial charge is 0.547 e. The van der Waals surface area contributed by atoms with Crippen LogP contribution >= 0.6 is 0 Å². The molecule has 0 aromatic carbocycles. The second-order valence-electron chi connectivity index (χ2n) is 5.61. The topological polar surface area (TPSA) is 62.0 Å². The molecule has 0 fully saturated rings. The second-order valence-corrected chi connectivity index (χ2v) is 5.61. The summed E-state index contributed by atoms with van der Waals surface area (Å²) in [6.07, 6.45) is 8.67. The number of quaternary nitrogens is 1. The molecule has 0 aliphatic carbocycles. The number of amides is 1. The Hall–Kier alpha value is -1.23. The molecule has 1 atom stereocenters. The summed E-state index contributed by atoms with van der Waals surface area (Å²) in [7, 11) is 0. The lowest BCUT2D eigenvalue weighted by molar-refractivity contribution is -0.827. The number of unbranched alkanes of at least 4 members (excludes halogenated alkanes) is 7. The molecule has 0 saturated heterocycles. The number of hydrogen-bond donors (Lipinski definition) is 1. The minimum Gasteiger partial charge on any atom is -0.433 e. The van der Waals surface area contributed by atoms with E-state index in [0.29, 0.717) is 6.54 Å². The van der Waals surface area contributed by atoms with Gasteiger partial charge >= 0.3 is 6.09 Å². The molecule has 0 saturated carbocycles. The van der Waals surface area contributed by atoms with Crippen LogP contribution in [0.25, 0.3) is 0 Å².